The molecule has 12 heteroatoms. The molecule has 1 heterocycles. The zero-order valence-corrected chi connectivity index (χ0v) is 21.5. The Hall–Kier alpha value is -4.71. The van der Waals surface area contributed by atoms with E-state index in [0.717, 1.165) is 0 Å². The lowest BCUT2D eigenvalue weighted by atomic mass is 10.2. The molecule has 1 aromatic heterocycles. The van der Waals surface area contributed by atoms with Crippen LogP contribution in [0.2, 0.25) is 0 Å². The smallest absolute Gasteiger partial charge is 0.261 e. The number of hydrogen-bond acceptors (Lipinski definition) is 6. The number of benzene rings is 3. The van der Waals surface area contributed by atoms with Gasteiger partial charge in [-0.25, -0.2) is 13.4 Å². The molecule has 4 rings (SSSR count). The highest BCUT2D eigenvalue weighted by atomic mass is 32.2. The van der Waals surface area contributed by atoms with Crippen molar-refractivity contribution in [1.29, 1.82) is 0 Å². The molecular formula is C26H26N6O5S. The summed E-state index contributed by atoms with van der Waals surface area (Å²) in [6, 6.07) is 19.1. The third-order valence-electron chi connectivity index (χ3n) is 5.83. The molecule has 3 aromatic carbocycles. The minimum absolute atomic E-state index is 0.0141. The van der Waals surface area contributed by atoms with E-state index in [9.17, 15) is 22.8 Å². The SMILES string of the molecule is CC(=O)N(C)c1ccc2c(c1)nc(NC(=O)c1cccc(NS(=O)(=O)c3ccccc3)c1)n2CCC(N)=O. The molecule has 0 spiro atoms. The van der Waals surface area contributed by atoms with Gasteiger partial charge in [0.25, 0.3) is 15.9 Å². The second kappa shape index (κ2) is 10.7. The predicted molar refractivity (Wildman–Crippen MR) is 144 cm³/mol. The number of fused-ring (bicyclic) bond motifs is 1. The molecule has 0 atom stereocenters. The Morgan fingerprint density at radius 1 is 1.00 bits per heavy atom. The van der Waals surface area contributed by atoms with E-state index in [4.69, 9.17) is 5.73 Å². The summed E-state index contributed by atoms with van der Waals surface area (Å²) < 4.78 is 29.5. The standard InChI is InChI=1S/C26H26N6O5S/c1-17(33)31(2)20-11-12-23-22(16-20)28-26(32(23)14-13-24(27)34)29-25(35)18-7-6-8-19(15-18)30-38(36,37)21-9-4-3-5-10-21/h3-12,15-16,30H,13-14H2,1-2H3,(H2,27,34)(H,28,29,35). The van der Waals surface area contributed by atoms with Crippen molar-refractivity contribution in [3.63, 3.8) is 0 Å². The van der Waals surface area contributed by atoms with Crippen molar-refractivity contribution in [1.82, 2.24) is 9.55 Å². The van der Waals surface area contributed by atoms with Crippen LogP contribution in [0, 0.1) is 0 Å². The number of carbonyl (C=O) groups excluding carboxylic acids is 3. The first-order valence-corrected chi connectivity index (χ1v) is 13.1. The number of imidazole rings is 1. The highest BCUT2D eigenvalue weighted by Crippen LogP contribution is 2.26. The number of nitrogens with one attached hydrogen (secondary N) is 2. The van der Waals surface area contributed by atoms with Gasteiger partial charge in [0.1, 0.15) is 0 Å². The van der Waals surface area contributed by atoms with Crippen molar-refractivity contribution < 1.29 is 22.8 Å². The second-order valence-electron chi connectivity index (χ2n) is 8.51. The molecule has 0 aliphatic carbocycles. The van der Waals surface area contributed by atoms with Crippen LogP contribution < -0.4 is 20.7 Å². The Labute approximate surface area is 219 Å². The van der Waals surface area contributed by atoms with Crippen LogP contribution in [0.1, 0.15) is 23.7 Å². The summed E-state index contributed by atoms with van der Waals surface area (Å²) in [5.74, 6) is -1.05. The van der Waals surface area contributed by atoms with Crippen LogP contribution in [-0.4, -0.2) is 42.7 Å². The van der Waals surface area contributed by atoms with E-state index in [2.05, 4.69) is 15.0 Å². The van der Waals surface area contributed by atoms with Gasteiger partial charge < -0.3 is 15.2 Å². The van der Waals surface area contributed by atoms with E-state index >= 15 is 0 Å². The van der Waals surface area contributed by atoms with Crippen molar-refractivity contribution in [2.75, 3.05) is 22.0 Å². The molecule has 3 amide bonds. The Balaban J connectivity index is 1.63. The predicted octanol–water partition coefficient (Wildman–Crippen LogP) is 2.95. The lowest BCUT2D eigenvalue weighted by Crippen LogP contribution is -2.22. The summed E-state index contributed by atoms with van der Waals surface area (Å²) >= 11 is 0. The number of anilines is 3. The normalized spacial score (nSPS) is 11.2. The Morgan fingerprint density at radius 3 is 2.42 bits per heavy atom. The molecule has 11 nitrogen and oxygen atoms in total. The topological polar surface area (TPSA) is 156 Å². The third-order valence-corrected chi connectivity index (χ3v) is 7.23. The molecule has 0 saturated heterocycles. The molecule has 4 aromatic rings. The molecule has 0 radical (unpaired) electrons. The van der Waals surface area contributed by atoms with E-state index in [0.29, 0.717) is 16.7 Å². The number of hydrogen-bond donors (Lipinski definition) is 3. The van der Waals surface area contributed by atoms with Crippen LogP contribution in [0.5, 0.6) is 0 Å². The highest BCUT2D eigenvalue weighted by Gasteiger charge is 2.18. The number of sulfonamides is 1. The lowest BCUT2D eigenvalue weighted by molar-refractivity contribution is -0.118. The molecular weight excluding hydrogens is 508 g/mol. The van der Waals surface area contributed by atoms with Crippen molar-refractivity contribution >= 4 is 56.1 Å². The number of aromatic nitrogens is 2. The van der Waals surface area contributed by atoms with E-state index < -0.39 is 21.8 Å². The average molecular weight is 535 g/mol. The molecule has 0 bridgehead atoms. The molecule has 0 aliphatic heterocycles. The maximum absolute atomic E-state index is 13.1. The number of rotatable bonds is 9. The van der Waals surface area contributed by atoms with Gasteiger partial charge >= 0.3 is 0 Å². The molecule has 0 fully saturated rings. The van der Waals surface area contributed by atoms with Crippen LogP contribution in [0.3, 0.4) is 0 Å². The summed E-state index contributed by atoms with van der Waals surface area (Å²) in [5.41, 5.74) is 7.48. The average Bonchev–Trinajstić information content (AvgIpc) is 3.23. The monoisotopic (exact) mass is 534 g/mol. The fourth-order valence-corrected chi connectivity index (χ4v) is 4.83. The van der Waals surface area contributed by atoms with E-state index in [-0.39, 0.29) is 41.0 Å². The first kappa shape index (κ1) is 26.4. The summed E-state index contributed by atoms with van der Waals surface area (Å²) in [6.45, 7) is 1.61. The molecule has 0 saturated carbocycles. The number of primary amides is 1. The molecule has 4 N–H and O–H groups in total. The quantitative estimate of drug-likeness (QED) is 0.300. The summed E-state index contributed by atoms with van der Waals surface area (Å²) in [7, 11) is -2.21. The first-order chi connectivity index (χ1) is 18.0. The fourth-order valence-electron chi connectivity index (χ4n) is 3.76. The second-order valence-corrected chi connectivity index (χ2v) is 10.2. The van der Waals surface area contributed by atoms with E-state index in [1.54, 1.807) is 54.1 Å². The number of carbonyl (C=O) groups is 3. The van der Waals surface area contributed by atoms with E-state index in [1.165, 1.54) is 42.2 Å². The lowest BCUT2D eigenvalue weighted by Gasteiger charge is -2.14. The largest absolute Gasteiger partial charge is 0.370 e. The van der Waals surface area contributed by atoms with Gasteiger partial charge in [0.05, 0.1) is 15.9 Å². The highest BCUT2D eigenvalue weighted by molar-refractivity contribution is 7.92. The summed E-state index contributed by atoms with van der Waals surface area (Å²) in [5, 5.41) is 2.74. The first-order valence-electron chi connectivity index (χ1n) is 11.6. The third kappa shape index (κ3) is 5.81. The molecule has 38 heavy (non-hydrogen) atoms. The number of amides is 3. The summed E-state index contributed by atoms with van der Waals surface area (Å²) in [4.78, 5) is 42.4. The van der Waals surface area contributed by atoms with Crippen LogP contribution in [0.25, 0.3) is 11.0 Å². The Morgan fingerprint density at radius 2 is 1.74 bits per heavy atom. The van der Waals surface area contributed by atoms with Gasteiger partial charge in [-0.1, -0.05) is 24.3 Å². The molecule has 0 aliphatic rings. The number of aryl methyl sites for hydroxylation is 1. The fraction of sp³-hybridized carbons (Fsp3) is 0.154. The van der Waals surface area contributed by atoms with Crippen molar-refractivity contribution in [2.45, 2.75) is 24.8 Å². The summed E-state index contributed by atoms with van der Waals surface area (Å²) in [6.07, 6.45) is 0.0141. The Kier molecular flexibility index (Phi) is 7.44. The minimum Gasteiger partial charge on any atom is -0.370 e. The molecule has 196 valence electrons. The van der Waals surface area contributed by atoms with Gasteiger partial charge in [-0.3, -0.25) is 24.4 Å². The van der Waals surface area contributed by atoms with Gasteiger partial charge in [-0.05, 0) is 48.5 Å². The van der Waals surface area contributed by atoms with Gasteiger partial charge in [0.15, 0.2) is 0 Å². The maximum Gasteiger partial charge on any atom is 0.261 e. The van der Waals surface area contributed by atoms with Crippen molar-refractivity contribution in [3.8, 4) is 0 Å². The minimum atomic E-state index is -3.84. The van der Waals surface area contributed by atoms with E-state index in [1.807, 2.05) is 0 Å². The van der Waals surface area contributed by atoms with Crippen LogP contribution in [-0.2, 0) is 26.2 Å². The zero-order valence-electron chi connectivity index (χ0n) is 20.7. The van der Waals surface area contributed by atoms with Crippen LogP contribution >= 0.6 is 0 Å². The van der Waals surface area contributed by atoms with Crippen LogP contribution in [0.4, 0.5) is 17.3 Å². The van der Waals surface area contributed by atoms with Gasteiger partial charge in [0, 0.05) is 43.9 Å². The van der Waals surface area contributed by atoms with Crippen LogP contribution in [0.15, 0.2) is 77.7 Å². The zero-order chi connectivity index (χ0) is 27.4. The van der Waals surface area contributed by atoms with Crippen molar-refractivity contribution in [3.05, 3.63) is 78.4 Å². The van der Waals surface area contributed by atoms with Crippen molar-refractivity contribution in [2.24, 2.45) is 5.73 Å². The van der Waals surface area contributed by atoms with Gasteiger partial charge in [0.2, 0.25) is 17.8 Å². The van der Waals surface area contributed by atoms with Gasteiger partial charge in [-0.15, -0.1) is 0 Å². The number of nitrogens with zero attached hydrogens (tertiary/aromatic N) is 3. The number of nitrogens with two attached hydrogens (primary N) is 1. The molecule has 0 unspecified atom stereocenters. The maximum atomic E-state index is 13.1. The Bertz CT molecular complexity index is 1630. The van der Waals surface area contributed by atoms with Gasteiger partial charge in [-0.2, -0.15) is 0 Å².